The van der Waals surface area contributed by atoms with E-state index < -0.39 is 24.0 Å². The Hall–Kier alpha value is -3.07. The number of hydrogen-bond acceptors (Lipinski definition) is 5. The quantitative estimate of drug-likeness (QED) is 0.806. The van der Waals surface area contributed by atoms with Crippen LogP contribution in [0.15, 0.2) is 36.4 Å². The number of ether oxygens (including phenoxy) is 2. The molecule has 1 amide bonds. The number of fused-ring (bicyclic) bond motifs is 1. The molecule has 0 bridgehead atoms. The molecule has 26 heavy (non-hydrogen) atoms. The average Bonchev–Trinajstić information content (AvgIpc) is 2.64. The van der Waals surface area contributed by atoms with Crippen LogP contribution in [0.5, 0.6) is 5.75 Å². The first-order valence-electron chi connectivity index (χ1n) is 8.27. The summed E-state index contributed by atoms with van der Waals surface area (Å²) in [6.07, 6.45) is 0. The molecule has 2 aromatic carbocycles. The molecular formula is C20H22N2O4. The molecule has 0 fully saturated rings. The highest BCUT2D eigenvalue weighted by atomic mass is 16.5. The van der Waals surface area contributed by atoms with Gasteiger partial charge in [-0.05, 0) is 30.4 Å². The molecule has 6 heteroatoms. The molecule has 0 saturated heterocycles. The first-order chi connectivity index (χ1) is 12.3. The van der Waals surface area contributed by atoms with Crippen LogP contribution in [0, 0.1) is 17.2 Å². The predicted molar refractivity (Wildman–Crippen MR) is 97.8 cm³/mol. The van der Waals surface area contributed by atoms with Gasteiger partial charge in [-0.3, -0.25) is 4.79 Å². The van der Waals surface area contributed by atoms with Crippen LogP contribution < -0.4 is 10.1 Å². The molecule has 1 atom stereocenters. The van der Waals surface area contributed by atoms with Gasteiger partial charge in [-0.15, -0.1) is 0 Å². The first kappa shape index (κ1) is 19.3. The van der Waals surface area contributed by atoms with Crippen LogP contribution in [0.1, 0.15) is 31.1 Å². The van der Waals surface area contributed by atoms with Gasteiger partial charge in [0.2, 0.25) is 0 Å². The van der Waals surface area contributed by atoms with Crippen LogP contribution in [0.3, 0.4) is 0 Å². The molecule has 0 radical (unpaired) electrons. The van der Waals surface area contributed by atoms with Crippen LogP contribution >= 0.6 is 0 Å². The largest absolute Gasteiger partial charge is 0.496 e. The van der Waals surface area contributed by atoms with E-state index in [9.17, 15) is 14.9 Å². The number of carbonyl (C=O) groups is 2. The number of nitrogens with one attached hydrogen (secondary N) is 1. The zero-order valence-electron chi connectivity index (χ0n) is 15.3. The number of benzene rings is 2. The molecule has 6 nitrogen and oxygen atoms in total. The van der Waals surface area contributed by atoms with Crippen molar-refractivity contribution in [1.29, 1.82) is 5.26 Å². The fraction of sp³-hybridized carbons (Fsp3) is 0.350. The van der Waals surface area contributed by atoms with Gasteiger partial charge in [-0.1, -0.05) is 38.1 Å². The first-order valence-corrected chi connectivity index (χ1v) is 8.27. The number of methoxy groups -OCH3 is 1. The number of nitriles is 1. The van der Waals surface area contributed by atoms with E-state index in [1.807, 2.05) is 32.0 Å². The molecule has 0 saturated carbocycles. The summed E-state index contributed by atoms with van der Waals surface area (Å²) in [5.41, 5.74) is -0.669. The number of hydrogen-bond donors (Lipinski definition) is 1. The van der Waals surface area contributed by atoms with Crippen molar-refractivity contribution < 1.29 is 19.1 Å². The third kappa shape index (κ3) is 3.94. The maximum atomic E-state index is 12.4. The Morgan fingerprint density at radius 1 is 1.19 bits per heavy atom. The van der Waals surface area contributed by atoms with Gasteiger partial charge in [0.1, 0.15) is 11.3 Å². The van der Waals surface area contributed by atoms with Crippen molar-refractivity contribution in [2.75, 3.05) is 13.7 Å². The second kappa shape index (κ2) is 7.87. The number of esters is 1. The van der Waals surface area contributed by atoms with Crippen LogP contribution in [0.2, 0.25) is 0 Å². The summed E-state index contributed by atoms with van der Waals surface area (Å²) < 4.78 is 10.4. The van der Waals surface area contributed by atoms with E-state index >= 15 is 0 Å². The molecule has 0 aliphatic heterocycles. The molecule has 0 unspecified atom stereocenters. The monoisotopic (exact) mass is 354 g/mol. The van der Waals surface area contributed by atoms with Crippen molar-refractivity contribution in [2.24, 2.45) is 5.92 Å². The van der Waals surface area contributed by atoms with Crippen LogP contribution in [-0.2, 0) is 9.53 Å². The van der Waals surface area contributed by atoms with Gasteiger partial charge in [0.25, 0.3) is 5.91 Å². The Morgan fingerprint density at radius 3 is 2.42 bits per heavy atom. The lowest BCUT2D eigenvalue weighted by atomic mass is 9.90. The summed E-state index contributed by atoms with van der Waals surface area (Å²) in [5.74, 6) is -0.564. The van der Waals surface area contributed by atoms with Gasteiger partial charge in [0, 0.05) is 5.39 Å². The third-order valence-electron chi connectivity index (χ3n) is 4.44. The van der Waals surface area contributed by atoms with Crippen LogP contribution in [-0.4, -0.2) is 31.1 Å². The molecule has 0 spiro atoms. The zero-order valence-corrected chi connectivity index (χ0v) is 15.3. The van der Waals surface area contributed by atoms with E-state index in [1.165, 1.54) is 0 Å². The smallest absolute Gasteiger partial charge is 0.339 e. The molecule has 0 aromatic heterocycles. The van der Waals surface area contributed by atoms with E-state index in [4.69, 9.17) is 9.47 Å². The van der Waals surface area contributed by atoms with Crippen molar-refractivity contribution >= 4 is 22.6 Å². The Morgan fingerprint density at radius 2 is 1.85 bits per heavy atom. The molecule has 2 aromatic rings. The van der Waals surface area contributed by atoms with Gasteiger partial charge in [0.05, 0.1) is 18.7 Å². The lowest BCUT2D eigenvalue weighted by Gasteiger charge is -2.27. The zero-order chi connectivity index (χ0) is 19.3. The van der Waals surface area contributed by atoms with E-state index in [1.54, 1.807) is 32.2 Å². The number of nitrogens with zero attached hydrogens (tertiary/aromatic N) is 1. The number of carbonyl (C=O) groups excluding carboxylic acids is 2. The lowest BCUT2D eigenvalue weighted by Crippen LogP contribution is -2.50. The minimum atomic E-state index is -1.02. The Balaban J connectivity index is 2.13. The third-order valence-corrected chi connectivity index (χ3v) is 4.44. The Bertz CT molecular complexity index is 870. The normalized spacial score (nSPS) is 12.9. The second-order valence-electron chi connectivity index (χ2n) is 6.45. The van der Waals surface area contributed by atoms with E-state index in [2.05, 4.69) is 11.4 Å². The van der Waals surface area contributed by atoms with Crippen molar-refractivity contribution in [2.45, 2.75) is 26.3 Å². The molecular weight excluding hydrogens is 332 g/mol. The molecule has 136 valence electrons. The van der Waals surface area contributed by atoms with Gasteiger partial charge >= 0.3 is 5.97 Å². The van der Waals surface area contributed by atoms with E-state index in [0.717, 1.165) is 5.39 Å². The van der Waals surface area contributed by atoms with Crippen LogP contribution in [0.4, 0.5) is 0 Å². The molecule has 0 aliphatic rings. The fourth-order valence-corrected chi connectivity index (χ4v) is 2.46. The predicted octanol–water partition coefficient (Wildman–Crippen LogP) is 3.06. The molecule has 1 N–H and O–H groups in total. The minimum absolute atomic E-state index is 0.0855. The van der Waals surface area contributed by atoms with E-state index in [-0.39, 0.29) is 5.92 Å². The highest BCUT2D eigenvalue weighted by molar-refractivity contribution is 6.06. The summed E-state index contributed by atoms with van der Waals surface area (Å²) in [5, 5.41) is 13.3. The van der Waals surface area contributed by atoms with Gasteiger partial charge < -0.3 is 14.8 Å². The summed E-state index contributed by atoms with van der Waals surface area (Å²) in [7, 11) is 1.56. The summed E-state index contributed by atoms with van der Waals surface area (Å²) in [6.45, 7) is 4.84. The van der Waals surface area contributed by atoms with Gasteiger partial charge in [-0.2, -0.15) is 5.26 Å². The number of rotatable bonds is 6. The maximum absolute atomic E-state index is 12.4. The highest BCUT2D eigenvalue weighted by Gasteiger charge is 2.30. The Labute approximate surface area is 152 Å². The Kier molecular flexibility index (Phi) is 5.83. The van der Waals surface area contributed by atoms with Gasteiger partial charge in [0.15, 0.2) is 6.61 Å². The number of amides is 1. The molecule has 2 rings (SSSR count). The standard InChI is InChI=1S/C20H22N2O4/c1-13(2)20(3,12-21)22-18(23)11-26-19(24)16-9-10-17(25-4)15-8-6-5-7-14(15)16/h5-10,13H,11H2,1-4H3,(H,22,23)/t20-/m0/s1. The summed E-state index contributed by atoms with van der Waals surface area (Å²) in [6, 6.07) is 12.7. The summed E-state index contributed by atoms with van der Waals surface area (Å²) in [4.78, 5) is 24.5. The molecule has 0 aliphatic carbocycles. The maximum Gasteiger partial charge on any atom is 0.339 e. The average molecular weight is 354 g/mol. The fourth-order valence-electron chi connectivity index (χ4n) is 2.46. The van der Waals surface area contributed by atoms with Crippen molar-refractivity contribution in [3.05, 3.63) is 42.0 Å². The van der Waals surface area contributed by atoms with Crippen molar-refractivity contribution in [3.63, 3.8) is 0 Å². The minimum Gasteiger partial charge on any atom is -0.496 e. The topological polar surface area (TPSA) is 88.4 Å². The lowest BCUT2D eigenvalue weighted by molar-refractivity contribution is -0.125. The second-order valence-corrected chi connectivity index (χ2v) is 6.45. The van der Waals surface area contributed by atoms with Crippen molar-refractivity contribution in [3.8, 4) is 11.8 Å². The highest BCUT2D eigenvalue weighted by Crippen LogP contribution is 2.28. The SMILES string of the molecule is COc1ccc(C(=O)OCC(=O)N[C@@](C)(C#N)C(C)C)c2ccccc12. The summed E-state index contributed by atoms with van der Waals surface area (Å²) >= 11 is 0. The van der Waals surface area contributed by atoms with Gasteiger partial charge in [-0.25, -0.2) is 4.79 Å². The van der Waals surface area contributed by atoms with Crippen molar-refractivity contribution in [1.82, 2.24) is 5.32 Å². The molecule has 0 heterocycles. The van der Waals surface area contributed by atoms with E-state index in [0.29, 0.717) is 16.7 Å². The van der Waals surface area contributed by atoms with Crippen LogP contribution in [0.25, 0.3) is 10.8 Å².